The van der Waals surface area contributed by atoms with E-state index < -0.39 is 11.7 Å². The summed E-state index contributed by atoms with van der Waals surface area (Å²) in [5.41, 5.74) is 7.68. The second kappa shape index (κ2) is 18.9. The number of nitrogens with zero attached hydrogens (tertiary/aromatic N) is 3. The van der Waals surface area contributed by atoms with E-state index in [4.69, 9.17) is 4.74 Å². The number of fused-ring (bicyclic) bond motifs is 1. The number of rotatable bonds is 21. The van der Waals surface area contributed by atoms with Crippen LogP contribution in [0.15, 0.2) is 85.1 Å². The predicted octanol–water partition coefficient (Wildman–Crippen LogP) is 12.3. The van der Waals surface area contributed by atoms with Gasteiger partial charge >= 0.3 is 5.97 Å². The zero-order chi connectivity index (χ0) is 36.1. The molecule has 0 N–H and O–H groups in total. The van der Waals surface area contributed by atoms with E-state index in [9.17, 15) is 4.79 Å². The van der Waals surface area contributed by atoms with Crippen molar-refractivity contribution in [3.8, 4) is 0 Å². The third-order valence-electron chi connectivity index (χ3n) is 10.7. The second-order valence-electron chi connectivity index (χ2n) is 14.3. The monoisotopic (exact) mass is 687 g/mol. The number of cyclic esters (lactones) is 1. The number of aromatic nitrogens is 1. The fourth-order valence-electron chi connectivity index (χ4n) is 7.73. The molecule has 0 aliphatic carbocycles. The second-order valence-corrected chi connectivity index (χ2v) is 14.3. The number of benzene rings is 3. The van der Waals surface area contributed by atoms with Gasteiger partial charge in [-0.25, -0.2) is 9.78 Å². The van der Waals surface area contributed by atoms with E-state index in [-0.39, 0.29) is 0 Å². The number of esters is 1. The van der Waals surface area contributed by atoms with E-state index in [0.717, 1.165) is 59.7 Å². The van der Waals surface area contributed by atoms with Crippen molar-refractivity contribution >= 4 is 23.0 Å². The smallest absolute Gasteiger partial charge is 0.360 e. The van der Waals surface area contributed by atoms with Crippen LogP contribution in [0.5, 0.6) is 0 Å². The Kier molecular flexibility index (Phi) is 14.1. The van der Waals surface area contributed by atoms with Gasteiger partial charge in [-0.1, -0.05) is 108 Å². The first-order chi connectivity index (χ1) is 25.0. The van der Waals surface area contributed by atoms with Crippen molar-refractivity contribution in [3.63, 3.8) is 0 Å². The highest BCUT2D eigenvalue weighted by Gasteiger charge is 2.54. The lowest BCUT2D eigenvalue weighted by Crippen LogP contribution is -2.45. The van der Waals surface area contributed by atoms with Crippen LogP contribution in [0.4, 0.5) is 17.1 Å². The molecule has 0 spiro atoms. The van der Waals surface area contributed by atoms with Gasteiger partial charge in [-0.05, 0) is 112 Å². The number of ether oxygens (including phenoxy) is 1. The van der Waals surface area contributed by atoms with Crippen LogP contribution in [-0.4, -0.2) is 24.0 Å². The van der Waals surface area contributed by atoms with Crippen LogP contribution in [0.3, 0.4) is 0 Å². The molecule has 0 bridgehead atoms. The lowest BCUT2D eigenvalue weighted by Gasteiger charge is -2.43. The molecule has 1 atom stereocenters. The highest BCUT2D eigenvalue weighted by molar-refractivity contribution is 5.95. The standard InChI is InChI=1S/C46H61N3O2/c1-6-10-12-14-16-18-21-37-24-28-39(29-25-37)49(40-30-26-38(27-31-40)22-19-17-15-13-11-7-2)46(43-23-20-34-47-44(43)45(50)51-46)42-33-32-41(35-36(42)5)48(8-3)9-4/h20,23-35H,6-19,21-22H2,1-5H3. The van der Waals surface area contributed by atoms with Crippen LogP contribution in [0, 0.1) is 6.92 Å². The number of carbonyl (C=O) groups excluding carboxylic acids is 1. The molecule has 1 unspecified atom stereocenters. The van der Waals surface area contributed by atoms with Crippen molar-refractivity contribution in [1.29, 1.82) is 0 Å². The molecule has 0 amide bonds. The third-order valence-corrected chi connectivity index (χ3v) is 10.7. The molecule has 5 nitrogen and oxygen atoms in total. The number of unbranched alkanes of at least 4 members (excludes halogenated alkanes) is 10. The van der Waals surface area contributed by atoms with Gasteiger partial charge in [0.15, 0.2) is 5.69 Å². The maximum Gasteiger partial charge on any atom is 0.360 e. The van der Waals surface area contributed by atoms with Gasteiger partial charge in [0.1, 0.15) is 0 Å². The average Bonchev–Trinajstić information content (AvgIpc) is 3.45. The predicted molar refractivity (Wildman–Crippen MR) is 214 cm³/mol. The number of hydrogen-bond donors (Lipinski definition) is 0. The van der Waals surface area contributed by atoms with Crippen molar-refractivity contribution in [3.05, 3.63) is 119 Å². The lowest BCUT2D eigenvalue weighted by atomic mass is 9.88. The normalized spacial score (nSPS) is 15.1. The first-order valence-electron chi connectivity index (χ1n) is 20.0. The quantitative estimate of drug-likeness (QED) is 0.0644. The summed E-state index contributed by atoms with van der Waals surface area (Å²) in [4.78, 5) is 23.0. The van der Waals surface area contributed by atoms with Crippen LogP contribution < -0.4 is 9.80 Å². The Bertz CT molecular complexity index is 1600. The summed E-state index contributed by atoms with van der Waals surface area (Å²) in [6.45, 7) is 12.9. The van der Waals surface area contributed by atoms with Gasteiger partial charge < -0.3 is 9.64 Å². The van der Waals surface area contributed by atoms with Crippen LogP contribution in [-0.2, 0) is 23.3 Å². The number of pyridine rings is 1. The highest BCUT2D eigenvalue weighted by atomic mass is 16.6. The van der Waals surface area contributed by atoms with E-state index in [1.807, 2.05) is 12.1 Å². The Morgan fingerprint density at radius 3 is 1.63 bits per heavy atom. The summed E-state index contributed by atoms with van der Waals surface area (Å²) in [6.07, 6.45) is 19.2. The minimum atomic E-state index is -1.24. The molecule has 0 fully saturated rings. The molecule has 1 aromatic heterocycles. The summed E-state index contributed by atoms with van der Waals surface area (Å²) >= 11 is 0. The fraction of sp³-hybridized carbons (Fsp3) is 0.478. The maximum absolute atomic E-state index is 13.8. The number of anilines is 3. The van der Waals surface area contributed by atoms with Crippen molar-refractivity contribution < 1.29 is 9.53 Å². The van der Waals surface area contributed by atoms with Crippen molar-refractivity contribution in [2.75, 3.05) is 22.9 Å². The third kappa shape index (κ3) is 9.04. The number of hydrogen-bond acceptors (Lipinski definition) is 5. The summed E-state index contributed by atoms with van der Waals surface area (Å²) in [5.74, 6) is -0.401. The summed E-state index contributed by atoms with van der Waals surface area (Å²) in [5, 5.41) is 0. The van der Waals surface area contributed by atoms with Crippen molar-refractivity contribution in [1.82, 2.24) is 4.98 Å². The Morgan fingerprint density at radius 2 is 1.12 bits per heavy atom. The minimum Gasteiger partial charge on any atom is -0.425 e. The van der Waals surface area contributed by atoms with E-state index in [2.05, 4.69) is 116 Å². The lowest BCUT2D eigenvalue weighted by molar-refractivity contribution is 0.0129. The van der Waals surface area contributed by atoms with E-state index >= 15 is 0 Å². The summed E-state index contributed by atoms with van der Waals surface area (Å²) in [6, 6.07) is 28.4. The molecule has 4 aromatic rings. The van der Waals surface area contributed by atoms with Crippen LogP contribution in [0.25, 0.3) is 0 Å². The molecule has 51 heavy (non-hydrogen) atoms. The number of carbonyl (C=O) groups is 1. The molecule has 272 valence electrons. The number of aryl methyl sites for hydroxylation is 3. The first kappa shape index (κ1) is 38.1. The average molecular weight is 688 g/mol. The highest BCUT2D eigenvalue weighted by Crippen LogP contribution is 2.51. The van der Waals surface area contributed by atoms with Gasteiger partial charge in [0, 0.05) is 41.9 Å². The fourth-order valence-corrected chi connectivity index (χ4v) is 7.73. The summed E-state index contributed by atoms with van der Waals surface area (Å²) in [7, 11) is 0. The zero-order valence-electron chi connectivity index (χ0n) is 32.1. The molecule has 5 rings (SSSR count). The van der Waals surface area contributed by atoms with Gasteiger partial charge in [-0.2, -0.15) is 0 Å². The molecule has 1 aliphatic rings. The molecular formula is C46H61N3O2. The summed E-state index contributed by atoms with van der Waals surface area (Å²) < 4.78 is 6.70. The van der Waals surface area contributed by atoms with Gasteiger partial charge in [0.2, 0.25) is 5.72 Å². The molecule has 0 radical (unpaired) electrons. The van der Waals surface area contributed by atoms with Gasteiger partial charge in [-0.15, -0.1) is 0 Å². The Hall–Kier alpha value is -4.12. The Morgan fingerprint density at radius 1 is 0.608 bits per heavy atom. The molecule has 0 saturated heterocycles. The van der Waals surface area contributed by atoms with Gasteiger partial charge in [0.25, 0.3) is 0 Å². The molecule has 3 aromatic carbocycles. The minimum absolute atomic E-state index is 0.370. The SMILES string of the molecule is CCCCCCCCc1ccc(N(c2ccc(CCCCCCCC)cc2)C2(c3ccc(N(CC)CC)cc3C)OC(=O)c3ncccc32)cc1. The van der Waals surface area contributed by atoms with Crippen molar-refractivity contribution in [2.24, 2.45) is 0 Å². The largest absolute Gasteiger partial charge is 0.425 e. The Balaban J connectivity index is 1.56. The van der Waals surface area contributed by atoms with E-state index in [1.54, 1.807) is 6.20 Å². The molecular weight excluding hydrogens is 627 g/mol. The maximum atomic E-state index is 13.8. The van der Waals surface area contributed by atoms with Crippen molar-refractivity contribution in [2.45, 2.75) is 130 Å². The zero-order valence-corrected chi connectivity index (χ0v) is 32.1. The Labute approximate surface area is 308 Å². The van der Waals surface area contributed by atoms with Crippen LogP contribution in [0.2, 0.25) is 0 Å². The van der Waals surface area contributed by atoms with Crippen LogP contribution in [0.1, 0.15) is 143 Å². The first-order valence-corrected chi connectivity index (χ1v) is 20.0. The molecule has 2 heterocycles. The van der Waals surface area contributed by atoms with Gasteiger partial charge in [-0.3, -0.25) is 4.90 Å². The molecule has 1 aliphatic heterocycles. The van der Waals surface area contributed by atoms with Crippen LogP contribution >= 0.6 is 0 Å². The molecule has 0 saturated carbocycles. The van der Waals surface area contributed by atoms with Gasteiger partial charge in [0.05, 0.1) is 5.56 Å². The van der Waals surface area contributed by atoms with E-state index in [1.165, 1.54) is 88.2 Å². The molecule has 5 heteroatoms. The van der Waals surface area contributed by atoms with E-state index in [0.29, 0.717) is 5.69 Å². The topological polar surface area (TPSA) is 45.7 Å².